The number of ether oxygens (including phenoxy) is 1. The third kappa shape index (κ3) is 6.84. The number of hydrogen-bond acceptors (Lipinski definition) is 4. The molecule has 2 amide bonds. The van der Waals surface area contributed by atoms with E-state index in [4.69, 9.17) is 10.5 Å². The minimum absolute atomic E-state index is 0.137. The molecule has 0 spiro atoms. The Balaban J connectivity index is 1.87. The van der Waals surface area contributed by atoms with Crippen molar-refractivity contribution in [2.45, 2.75) is 32.5 Å². The van der Waals surface area contributed by atoms with E-state index in [1.807, 2.05) is 37.3 Å². The molecule has 1 unspecified atom stereocenters. The second-order valence-electron chi connectivity index (χ2n) is 6.44. The normalized spacial score (nSPS) is 11.7. The summed E-state index contributed by atoms with van der Waals surface area (Å²) in [5, 5.41) is 5.73. The first-order valence-corrected chi connectivity index (χ1v) is 8.94. The van der Waals surface area contributed by atoms with E-state index in [0.29, 0.717) is 25.2 Å². The molecule has 27 heavy (non-hydrogen) atoms. The number of benzene rings is 2. The van der Waals surface area contributed by atoms with Crippen LogP contribution in [0.5, 0.6) is 0 Å². The van der Waals surface area contributed by atoms with Gasteiger partial charge in [0.05, 0.1) is 12.5 Å². The average Bonchev–Trinajstić information content (AvgIpc) is 2.70. The molecule has 0 aliphatic heterocycles. The zero-order chi connectivity index (χ0) is 19.6. The second-order valence-corrected chi connectivity index (χ2v) is 6.44. The van der Waals surface area contributed by atoms with Crippen LogP contribution >= 0.6 is 0 Å². The summed E-state index contributed by atoms with van der Waals surface area (Å²) in [5.41, 5.74) is 9.17. The predicted molar refractivity (Wildman–Crippen MR) is 105 cm³/mol. The van der Waals surface area contributed by atoms with Gasteiger partial charge in [0.2, 0.25) is 5.91 Å². The van der Waals surface area contributed by atoms with Crippen LogP contribution in [0.3, 0.4) is 0 Å². The van der Waals surface area contributed by atoms with Crippen LogP contribution in [0.15, 0.2) is 48.5 Å². The van der Waals surface area contributed by atoms with Crippen molar-refractivity contribution in [2.24, 2.45) is 5.73 Å². The molecule has 144 valence electrons. The van der Waals surface area contributed by atoms with Crippen LogP contribution in [0.1, 0.15) is 33.5 Å². The Morgan fingerprint density at radius 2 is 1.74 bits per heavy atom. The van der Waals surface area contributed by atoms with Crippen molar-refractivity contribution >= 4 is 11.8 Å². The summed E-state index contributed by atoms with van der Waals surface area (Å²) in [4.78, 5) is 24.3. The van der Waals surface area contributed by atoms with E-state index in [0.717, 1.165) is 11.1 Å². The van der Waals surface area contributed by atoms with Gasteiger partial charge in [-0.15, -0.1) is 0 Å². The van der Waals surface area contributed by atoms with Gasteiger partial charge in [0, 0.05) is 32.3 Å². The molecule has 2 rings (SSSR count). The molecule has 0 aromatic heterocycles. The smallest absolute Gasteiger partial charge is 0.251 e. The van der Waals surface area contributed by atoms with Crippen molar-refractivity contribution in [3.63, 3.8) is 0 Å². The maximum absolute atomic E-state index is 12.4. The molecule has 0 aliphatic carbocycles. The van der Waals surface area contributed by atoms with Crippen LogP contribution in [-0.2, 0) is 22.6 Å². The van der Waals surface area contributed by atoms with Gasteiger partial charge in [-0.1, -0.05) is 42.0 Å². The number of carbonyl (C=O) groups is 2. The van der Waals surface area contributed by atoms with Gasteiger partial charge in [0.15, 0.2) is 0 Å². The zero-order valence-electron chi connectivity index (χ0n) is 15.8. The van der Waals surface area contributed by atoms with E-state index in [1.54, 1.807) is 18.2 Å². The maximum Gasteiger partial charge on any atom is 0.251 e. The highest BCUT2D eigenvalue weighted by molar-refractivity contribution is 5.94. The van der Waals surface area contributed by atoms with Crippen LogP contribution in [0.2, 0.25) is 0 Å². The third-order valence-electron chi connectivity index (χ3n) is 4.26. The van der Waals surface area contributed by atoms with Crippen molar-refractivity contribution < 1.29 is 14.3 Å². The first kappa shape index (κ1) is 20.6. The van der Waals surface area contributed by atoms with Crippen LogP contribution in [0, 0.1) is 6.92 Å². The van der Waals surface area contributed by atoms with E-state index >= 15 is 0 Å². The first-order chi connectivity index (χ1) is 13.0. The van der Waals surface area contributed by atoms with E-state index in [1.165, 1.54) is 12.7 Å². The standard InChI is InChI=1S/C21H27N3O3/c1-15-6-8-16(9-7-15)13-24-21(26)18-5-3-4-17(10-18)14-23-20(25)11-19(12-22)27-2/h3-10,19H,11-14,22H2,1-2H3,(H,23,25)(H,24,26). The summed E-state index contributed by atoms with van der Waals surface area (Å²) < 4.78 is 5.10. The summed E-state index contributed by atoms with van der Waals surface area (Å²) in [6.45, 7) is 3.13. The van der Waals surface area contributed by atoms with Crippen molar-refractivity contribution in [1.29, 1.82) is 0 Å². The minimum Gasteiger partial charge on any atom is -0.380 e. The van der Waals surface area contributed by atoms with Gasteiger partial charge in [-0.05, 0) is 30.2 Å². The number of methoxy groups -OCH3 is 1. The number of aryl methyl sites for hydroxylation is 1. The zero-order valence-corrected chi connectivity index (χ0v) is 15.8. The number of rotatable bonds is 9. The lowest BCUT2D eigenvalue weighted by molar-refractivity contribution is -0.123. The lowest BCUT2D eigenvalue weighted by Gasteiger charge is -2.13. The second kappa shape index (κ2) is 10.4. The van der Waals surface area contributed by atoms with Crippen LogP contribution in [0.4, 0.5) is 0 Å². The molecule has 6 nitrogen and oxygen atoms in total. The first-order valence-electron chi connectivity index (χ1n) is 8.94. The van der Waals surface area contributed by atoms with Crippen molar-refractivity contribution in [2.75, 3.05) is 13.7 Å². The van der Waals surface area contributed by atoms with Gasteiger partial charge in [-0.2, -0.15) is 0 Å². The molecule has 0 saturated heterocycles. The lowest BCUT2D eigenvalue weighted by Crippen LogP contribution is -2.32. The average molecular weight is 369 g/mol. The highest BCUT2D eigenvalue weighted by atomic mass is 16.5. The molecule has 2 aromatic carbocycles. The predicted octanol–water partition coefficient (Wildman–Crippen LogP) is 1.91. The summed E-state index contributed by atoms with van der Waals surface area (Å²) in [6, 6.07) is 15.2. The largest absolute Gasteiger partial charge is 0.380 e. The Hall–Kier alpha value is -2.70. The van der Waals surface area contributed by atoms with Crippen molar-refractivity contribution in [3.8, 4) is 0 Å². The molecule has 4 N–H and O–H groups in total. The summed E-state index contributed by atoms with van der Waals surface area (Å²) in [6.07, 6.45) is -0.0760. The third-order valence-corrected chi connectivity index (χ3v) is 4.26. The lowest BCUT2D eigenvalue weighted by atomic mass is 10.1. The molecular weight excluding hydrogens is 342 g/mol. The van der Waals surface area contributed by atoms with Gasteiger partial charge in [-0.3, -0.25) is 9.59 Å². The number of nitrogens with one attached hydrogen (secondary N) is 2. The Kier molecular flexibility index (Phi) is 7.98. The van der Waals surface area contributed by atoms with Gasteiger partial charge < -0.3 is 21.1 Å². The molecular formula is C21H27N3O3. The molecule has 2 aromatic rings. The SMILES string of the molecule is COC(CN)CC(=O)NCc1cccc(C(=O)NCc2ccc(C)cc2)c1. The Morgan fingerprint density at radius 1 is 1.04 bits per heavy atom. The highest BCUT2D eigenvalue weighted by Crippen LogP contribution is 2.07. The van der Waals surface area contributed by atoms with E-state index in [-0.39, 0.29) is 24.3 Å². The van der Waals surface area contributed by atoms with Gasteiger partial charge in [0.1, 0.15) is 0 Å². The molecule has 1 atom stereocenters. The quantitative estimate of drug-likeness (QED) is 0.629. The molecule has 0 heterocycles. The van der Waals surface area contributed by atoms with Crippen molar-refractivity contribution in [1.82, 2.24) is 10.6 Å². The maximum atomic E-state index is 12.4. The summed E-state index contributed by atoms with van der Waals surface area (Å²) >= 11 is 0. The molecule has 0 radical (unpaired) electrons. The van der Waals surface area contributed by atoms with Crippen molar-refractivity contribution in [3.05, 3.63) is 70.8 Å². The number of hydrogen-bond donors (Lipinski definition) is 3. The number of nitrogens with two attached hydrogens (primary N) is 1. The van der Waals surface area contributed by atoms with E-state index < -0.39 is 0 Å². The molecule has 0 aliphatic rings. The summed E-state index contributed by atoms with van der Waals surface area (Å²) in [7, 11) is 1.53. The monoisotopic (exact) mass is 369 g/mol. The molecule has 0 bridgehead atoms. The van der Waals surface area contributed by atoms with Crippen LogP contribution in [0.25, 0.3) is 0 Å². The highest BCUT2D eigenvalue weighted by Gasteiger charge is 2.11. The topological polar surface area (TPSA) is 93.4 Å². The molecule has 0 fully saturated rings. The van der Waals surface area contributed by atoms with Gasteiger partial charge in [0.25, 0.3) is 5.91 Å². The fourth-order valence-corrected chi connectivity index (χ4v) is 2.56. The van der Waals surface area contributed by atoms with E-state index in [9.17, 15) is 9.59 Å². The van der Waals surface area contributed by atoms with E-state index in [2.05, 4.69) is 10.6 Å². The van der Waals surface area contributed by atoms with Crippen LogP contribution < -0.4 is 16.4 Å². The number of amides is 2. The Morgan fingerprint density at radius 3 is 2.41 bits per heavy atom. The Bertz CT molecular complexity index is 756. The Labute approximate surface area is 160 Å². The number of carbonyl (C=O) groups excluding carboxylic acids is 2. The van der Waals surface area contributed by atoms with Crippen LogP contribution in [-0.4, -0.2) is 31.6 Å². The van der Waals surface area contributed by atoms with Gasteiger partial charge in [-0.25, -0.2) is 0 Å². The minimum atomic E-state index is -0.288. The fraction of sp³-hybridized carbons (Fsp3) is 0.333. The van der Waals surface area contributed by atoms with Gasteiger partial charge >= 0.3 is 0 Å². The summed E-state index contributed by atoms with van der Waals surface area (Å²) in [5.74, 6) is -0.284. The fourth-order valence-electron chi connectivity index (χ4n) is 2.56. The molecule has 6 heteroatoms. The molecule has 0 saturated carbocycles.